The maximum atomic E-state index is 13.0. The number of thiazole rings is 1. The Bertz CT molecular complexity index is 1140. The number of nitrogens with two attached hydrogens (primary N) is 1. The molecule has 138 valence electrons. The molecule has 0 saturated carbocycles. The first kappa shape index (κ1) is 17.7. The highest BCUT2D eigenvalue weighted by Gasteiger charge is 2.12. The van der Waals surface area contributed by atoms with Crippen LogP contribution in [0.5, 0.6) is 0 Å². The van der Waals surface area contributed by atoms with E-state index < -0.39 is 0 Å². The molecule has 0 atom stereocenters. The summed E-state index contributed by atoms with van der Waals surface area (Å²) < 4.78 is 13.0. The van der Waals surface area contributed by atoms with Crippen LogP contribution < -0.4 is 11.1 Å². The number of rotatable bonds is 4. The predicted octanol–water partition coefficient (Wildman–Crippen LogP) is 4.24. The van der Waals surface area contributed by atoms with Crippen molar-refractivity contribution in [1.82, 2.24) is 15.0 Å². The molecule has 0 fully saturated rings. The molecule has 0 aliphatic carbocycles. The zero-order chi connectivity index (χ0) is 19.5. The first-order chi connectivity index (χ1) is 13.6. The van der Waals surface area contributed by atoms with Gasteiger partial charge in [-0.3, -0.25) is 4.79 Å². The maximum absolute atomic E-state index is 13.0. The fraction of sp³-hybridized carbons (Fsp3) is 0. The van der Waals surface area contributed by atoms with Gasteiger partial charge >= 0.3 is 0 Å². The Hall–Kier alpha value is -3.65. The van der Waals surface area contributed by atoms with E-state index in [0.29, 0.717) is 27.6 Å². The van der Waals surface area contributed by atoms with Crippen LogP contribution in [0.1, 0.15) is 10.4 Å². The second-order valence-corrected chi connectivity index (χ2v) is 6.76. The van der Waals surface area contributed by atoms with Gasteiger partial charge in [-0.05, 0) is 36.4 Å². The topological polar surface area (TPSA) is 93.8 Å². The fourth-order valence-corrected chi connectivity index (χ4v) is 3.44. The van der Waals surface area contributed by atoms with Gasteiger partial charge in [0.2, 0.25) is 0 Å². The summed E-state index contributed by atoms with van der Waals surface area (Å²) in [7, 11) is 0. The number of nitrogens with zero attached hydrogens (tertiary/aromatic N) is 3. The van der Waals surface area contributed by atoms with Crippen LogP contribution in [0.2, 0.25) is 0 Å². The minimum absolute atomic E-state index is 0.315. The van der Waals surface area contributed by atoms with Gasteiger partial charge in [0.25, 0.3) is 5.91 Å². The van der Waals surface area contributed by atoms with Crippen LogP contribution in [-0.4, -0.2) is 20.9 Å². The molecule has 0 radical (unpaired) electrons. The van der Waals surface area contributed by atoms with E-state index in [1.807, 2.05) is 23.6 Å². The smallest absolute Gasteiger partial charge is 0.255 e. The van der Waals surface area contributed by atoms with Gasteiger partial charge in [-0.25, -0.2) is 19.3 Å². The molecule has 4 aromatic rings. The van der Waals surface area contributed by atoms with Gasteiger partial charge in [0.15, 0.2) is 0 Å². The molecule has 2 aromatic carbocycles. The summed E-state index contributed by atoms with van der Waals surface area (Å²) >= 11 is 1.44. The third-order valence-electron chi connectivity index (χ3n) is 4.00. The lowest BCUT2D eigenvalue weighted by atomic mass is 10.1. The zero-order valence-electron chi connectivity index (χ0n) is 14.5. The molecule has 2 heterocycles. The molecule has 0 unspecified atom stereocenters. The van der Waals surface area contributed by atoms with Crippen molar-refractivity contribution in [3.8, 4) is 21.8 Å². The number of carbonyl (C=O) groups is 1. The molecule has 2 aromatic heterocycles. The number of hydrogen-bond acceptors (Lipinski definition) is 6. The van der Waals surface area contributed by atoms with Crippen molar-refractivity contribution in [3.63, 3.8) is 0 Å². The predicted molar refractivity (Wildman–Crippen MR) is 107 cm³/mol. The van der Waals surface area contributed by atoms with Crippen molar-refractivity contribution in [3.05, 3.63) is 77.8 Å². The lowest BCUT2D eigenvalue weighted by Gasteiger charge is -2.07. The highest BCUT2D eigenvalue weighted by molar-refractivity contribution is 7.13. The number of carbonyl (C=O) groups excluding carboxylic acids is 1. The lowest BCUT2D eigenvalue weighted by molar-refractivity contribution is 0.102. The van der Waals surface area contributed by atoms with Crippen LogP contribution in [0, 0.1) is 5.82 Å². The largest absolute Gasteiger partial charge is 0.383 e. The van der Waals surface area contributed by atoms with E-state index in [9.17, 15) is 9.18 Å². The van der Waals surface area contributed by atoms with E-state index in [1.54, 1.807) is 12.3 Å². The van der Waals surface area contributed by atoms with Crippen LogP contribution in [0.25, 0.3) is 21.8 Å². The number of anilines is 2. The molecule has 0 saturated heterocycles. The summed E-state index contributed by atoms with van der Waals surface area (Å²) in [5.41, 5.74) is 9.15. The number of halogens is 1. The summed E-state index contributed by atoms with van der Waals surface area (Å²) in [6.07, 6.45) is 3.02. The molecule has 0 spiro atoms. The Morgan fingerprint density at radius 3 is 2.75 bits per heavy atom. The molecule has 28 heavy (non-hydrogen) atoms. The monoisotopic (exact) mass is 391 g/mol. The molecule has 8 heteroatoms. The molecular weight excluding hydrogens is 377 g/mol. The van der Waals surface area contributed by atoms with Crippen molar-refractivity contribution >= 4 is 28.7 Å². The Morgan fingerprint density at radius 2 is 1.96 bits per heavy atom. The van der Waals surface area contributed by atoms with Crippen LogP contribution in [0.15, 0.2) is 66.4 Å². The average molecular weight is 391 g/mol. The van der Waals surface area contributed by atoms with Gasteiger partial charge in [-0.15, -0.1) is 11.3 Å². The van der Waals surface area contributed by atoms with Gasteiger partial charge in [0, 0.05) is 28.4 Å². The van der Waals surface area contributed by atoms with E-state index in [0.717, 1.165) is 11.3 Å². The number of hydrogen-bond donors (Lipinski definition) is 2. The molecule has 1 amide bonds. The van der Waals surface area contributed by atoms with Gasteiger partial charge in [-0.1, -0.05) is 12.1 Å². The Labute approximate surface area is 163 Å². The van der Waals surface area contributed by atoms with E-state index >= 15 is 0 Å². The summed E-state index contributed by atoms with van der Waals surface area (Å²) in [6, 6.07) is 12.7. The Balaban J connectivity index is 1.57. The van der Waals surface area contributed by atoms with Gasteiger partial charge < -0.3 is 11.1 Å². The number of amides is 1. The summed E-state index contributed by atoms with van der Waals surface area (Å²) in [5, 5.41) is 5.43. The van der Waals surface area contributed by atoms with Gasteiger partial charge in [0.05, 0.1) is 11.3 Å². The average Bonchev–Trinajstić information content (AvgIpc) is 3.19. The highest BCUT2D eigenvalue weighted by atomic mass is 32.1. The van der Waals surface area contributed by atoms with Crippen molar-refractivity contribution < 1.29 is 9.18 Å². The van der Waals surface area contributed by atoms with Gasteiger partial charge in [0.1, 0.15) is 23.0 Å². The van der Waals surface area contributed by atoms with E-state index in [2.05, 4.69) is 20.3 Å². The van der Waals surface area contributed by atoms with E-state index in [4.69, 9.17) is 5.73 Å². The zero-order valence-corrected chi connectivity index (χ0v) is 15.3. The van der Waals surface area contributed by atoms with Crippen LogP contribution in [0.4, 0.5) is 15.9 Å². The number of nitrogens with one attached hydrogen (secondary N) is 1. The SMILES string of the molecule is Nc1ncncc1-c1nc(-c2cccc(NC(=O)c3ccc(F)cc3)c2)cs1. The maximum Gasteiger partial charge on any atom is 0.255 e. The molecular formula is C20H14FN5OS. The molecule has 6 nitrogen and oxygen atoms in total. The summed E-state index contributed by atoms with van der Waals surface area (Å²) in [6.45, 7) is 0. The molecule has 3 N–H and O–H groups in total. The van der Waals surface area contributed by atoms with E-state index in [1.165, 1.54) is 41.9 Å². The highest BCUT2D eigenvalue weighted by Crippen LogP contribution is 2.31. The third-order valence-corrected chi connectivity index (χ3v) is 4.88. The Kier molecular flexibility index (Phi) is 4.77. The van der Waals surface area contributed by atoms with Crippen molar-refractivity contribution in [2.24, 2.45) is 0 Å². The minimum Gasteiger partial charge on any atom is -0.383 e. The van der Waals surface area contributed by atoms with Crippen LogP contribution >= 0.6 is 11.3 Å². The third kappa shape index (κ3) is 3.72. The number of aromatic nitrogens is 3. The van der Waals surface area contributed by atoms with Crippen LogP contribution in [-0.2, 0) is 0 Å². The molecule has 4 rings (SSSR count). The number of benzene rings is 2. The first-order valence-electron chi connectivity index (χ1n) is 8.29. The molecule has 0 bridgehead atoms. The van der Waals surface area contributed by atoms with E-state index in [-0.39, 0.29) is 11.7 Å². The standard InChI is InChI=1S/C20H14FN5OS/c21-14-6-4-12(5-7-14)19(27)25-15-3-1-2-13(8-15)17-10-28-20(26-17)16-9-23-11-24-18(16)22/h1-11H,(H,25,27)(H2,22,23,24). The second-order valence-electron chi connectivity index (χ2n) is 5.90. The van der Waals surface area contributed by atoms with Crippen molar-refractivity contribution in [1.29, 1.82) is 0 Å². The number of nitrogen functional groups attached to an aromatic ring is 1. The Morgan fingerprint density at radius 1 is 1.14 bits per heavy atom. The minimum atomic E-state index is -0.387. The first-order valence-corrected chi connectivity index (χ1v) is 9.17. The molecule has 0 aliphatic heterocycles. The lowest BCUT2D eigenvalue weighted by Crippen LogP contribution is -2.11. The second kappa shape index (κ2) is 7.53. The van der Waals surface area contributed by atoms with Crippen molar-refractivity contribution in [2.75, 3.05) is 11.1 Å². The normalized spacial score (nSPS) is 10.6. The quantitative estimate of drug-likeness (QED) is 0.543. The summed E-state index contributed by atoms with van der Waals surface area (Å²) in [5.74, 6) is -0.330. The van der Waals surface area contributed by atoms with Gasteiger partial charge in [-0.2, -0.15) is 0 Å². The van der Waals surface area contributed by atoms with Crippen molar-refractivity contribution in [2.45, 2.75) is 0 Å². The fourth-order valence-electron chi connectivity index (χ4n) is 2.59. The summed E-state index contributed by atoms with van der Waals surface area (Å²) in [4.78, 5) is 24.9. The van der Waals surface area contributed by atoms with Crippen LogP contribution in [0.3, 0.4) is 0 Å². The molecule has 0 aliphatic rings.